The average Bonchev–Trinajstić information content (AvgIpc) is 2.17. The molecule has 84 valence electrons. The van der Waals surface area contributed by atoms with E-state index in [4.69, 9.17) is 0 Å². The zero-order valence-electron chi connectivity index (χ0n) is 10.7. The third kappa shape index (κ3) is 2.42. The molecule has 0 aromatic carbocycles. The van der Waals surface area contributed by atoms with Gasteiger partial charge in [-0.3, -0.25) is 0 Å². The predicted molar refractivity (Wildman–Crippen MR) is 68.8 cm³/mol. The fourth-order valence-corrected chi connectivity index (χ4v) is 2.61. The normalized spacial score (nSPS) is 31.2. The molecule has 1 aliphatic rings. The van der Waals surface area contributed by atoms with Crippen LogP contribution in [0.25, 0.3) is 0 Å². The van der Waals surface area contributed by atoms with Crippen molar-refractivity contribution in [1.82, 2.24) is 0 Å². The zero-order chi connectivity index (χ0) is 11.6. The van der Waals surface area contributed by atoms with Crippen molar-refractivity contribution >= 4 is 0 Å². The maximum absolute atomic E-state index is 4.15. The Morgan fingerprint density at radius 2 is 2.00 bits per heavy atom. The van der Waals surface area contributed by atoms with Crippen LogP contribution in [-0.4, -0.2) is 0 Å². The Balaban J connectivity index is 2.98. The summed E-state index contributed by atoms with van der Waals surface area (Å²) in [5.41, 5.74) is 4.68. The van der Waals surface area contributed by atoms with Crippen molar-refractivity contribution < 1.29 is 0 Å². The van der Waals surface area contributed by atoms with E-state index in [0.29, 0.717) is 5.92 Å². The molecule has 0 spiro atoms. The monoisotopic (exact) mass is 204 g/mol. The van der Waals surface area contributed by atoms with Crippen molar-refractivity contribution in [3.05, 3.63) is 36.0 Å². The van der Waals surface area contributed by atoms with Crippen molar-refractivity contribution in [3.8, 4) is 0 Å². The highest BCUT2D eigenvalue weighted by atomic mass is 14.4. The maximum Gasteiger partial charge on any atom is -0.00779 e. The fourth-order valence-electron chi connectivity index (χ4n) is 2.61. The largest absolute Gasteiger partial charge is 0.103 e. The molecular weight excluding hydrogens is 180 g/mol. The van der Waals surface area contributed by atoms with Crippen LogP contribution >= 0.6 is 0 Å². The number of allylic oxidation sites excluding steroid dienone is 4. The minimum Gasteiger partial charge on any atom is -0.103 e. The second kappa shape index (κ2) is 4.38. The lowest BCUT2D eigenvalue weighted by atomic mass is 9.63. The van der Waals surface area contributed by atoms with E-state index in [1.54, 1.807) is 5.57 Å². The molecule has 0 bridgehead atoms. The molecule has 1 aliphatic carbocycles. The van der Waals surface area contributed by atoms with Gasteiger partial charge in [-0.15, -0.1) is 6.58 Å². The van der Waals surface area contributed by atoms with Crippen molar-refractivity contribution in [1.29, 1.82) is 0 Å². The molecule has 1 fully saturated rings. The summed E-state index contributed by atoms with van der Waals surface area (Å²) in [6.07, 6.45) is 5.76. The molecule has 0 heteroatoms. The van der Waals surface area contributed by atoms with Crippen molar-refractivity contribution in [3.63, 3.8) is 0 Å². The van der Waals surface area contributed by atoms with Crippen LogP contribution in [0.1, 0.15) is 47.0 Å². The molecule has 0 heterocycles. The molecule has 1 saturated carbocycles. The van der Waals surface area contributed by atoms with Gasteiger partial charge in [-0.2, -0.15) is 0 Å². The van der Waals surface area contributed by atoms with E-state index in [1.807, 2.05) is 0 Å². The van der Waals surface area contributed by atoms with Gasteiger partial charge in [0.2, 0.25) is 0 Å². The Morgan fingerprint density at radius 3 is 2.40 bits per heavy atom. The van der Waals surface area contributed by atoms with E-state index in [2.05, 4.69) is 46.9 Å². The molecule has 15 heavy (non-hydrogen) atoms. The second-order valence-corrected chi connectivity index (χ2v) is 5.42. The Kier molecular flexibility index (Phi) is 3.59. The highest BCUT2D eigenvalue weighted by molar-refractivity contribution is 5.22. The molecule has 0 radical (unpaired) electrons. The van der Waals surface area contributed by atoms with Gasteiger partial charge in [0.05, 0.1) is 0 Å². The molecular formula is C15H24. The lowest BCUT2D eigenvalue weighted by Gasteiger charge is -2.41. The highest BCUT2D eigenvalue weighted by Gasteiger charge is 2.36. The topological polar surface area (TPSA) is 0 Å². The third-order valence-electron chi connectivity index (χ3n) is 3.98. The lowest BCUT2D eigenvalue weighted by Crippen LogP contribution is -2.30. The van der Waals surface area contributed by atoms with E-state index in [1.165, 1.54) is 30.4 Å². The Hall–Kier alpha value is -0.780. The third-order valence-corrected chi connectivity index (χ3v) is 3.98. The minimum atomic E-state index is 0.255. The predicted octanol–water partition coefficient (Wildman–Crippen LogP) is 4.89. The summed E-state index contributed by atoms with van der Waals surface area (Å²) in [7, 11) is 0. The van der Waals surface area contributed by atoms with Crippen molar-refractivity contribution in [2.75, 3.05) is 0 Å². The smallest absolute Gasteiger partial charge is 0.00779 e. The van der Waals surface area contributed by atoms with Crippen molar-refractivity contribution in [2.45, 2.75) is 47.0 Å². The van der Waals surface area contributed by atoms with E-state index in [0.717, 1.165) is 0 Å². The Bertz CT molecular complexity index is 302. The van der Waals surface area contributed by atoms with E-state index in [9.17, 15) is 0 Å². The van der Waals surface area contributed by atoms with E-state index in [-0.39, 0.29) is 5.41 Å². The van der Waals surface area contributed by atoms with Crippen LogP contribution in [0.2, 0.25) is 0 Å². The van der Waals surface area contributed by atoms with Crippen LogP contribution < -0.4 is 0 Å². The van der Waals surface area contributed by atoms with Crippen LogP contribution in [0.3, 0.4) is 0 Å². The first-order valence-electron chi connectivity index (χ1n) is 5.85. The maximum atomic E-state index is 4.15. The molecule has 0 aliphatic heterocycles. The van der Waals surface area contributed by atoms with Crippen LogP contribution in [0.15, 0.2) is 36.0 Å². The van der Waals surface area contributed by atoms with Gasteiger partial charge in [0.25, 0.3) is 0 Å². The van der Waals surface area contributed by atoms with Gasteiger partial charge in [-0.1, -0.05) is 36.3 Å². The molecule has 0 aromatic heterocycles. The first-order valence-corrected chi connectivity index (χ1v) is 5.85. The average molecular weight is 204 g/mol. The van der Waals surface area contributed by atoms with E-state index >= 15 is 0 Å². The van der Waals surface area contributed by atoms with Gasteiger partial charge in [-0.25, -0.2) is 0 Å². The molecule has 0 N–H and O–H groups in total. The first-order chi connectivity index (χ1) is 6.90. The minimum absolute atomic E-state index is 0.255. The van der Waals surface area contributed by atoms with Crippen LogP contribution in [0.5, 0.6) is 0 Å². The van der Waals surface area contributed by atoms with Gasteiger partial charge in [0.1, 0.15) is 0 Å². The van der Waals surface area contributed by atoms with Gasteiger partial charge in [0.15, 0.2) is 0 Å². The van der Waals surface area contributed by atoms with Crippen LogP contribution in [0.4, 0.5) is 0 Å². The molecule has 0 unspecified atom stereocenters. The molecule has 0 nitrogen and oxygen atoms in total. The van der Waals surface area contributed by atoms with Gasteiger partial charge in [0, 0.05) is 0 Å². The molecule has 1 rings (SSSR count). The number of rotatable bonds is 2. The summed E-state index contributed by atoms with van der Waals surface area (Å²) in [5.74, 6) is 0.577. The summed E-state index contributed by atoms with van der Waals surface area (Å²) < 4.78 is 0. The SMILES string of the molecule is C=C[C@]1(C)CCC(=C(C)C)C[C@H]1C(=C)C. The first kappa shape index (κ1) is 12.3. The lowest BCUT2D eigenvalue weighted by molar-refractivity contribution is 0.238. The summed E-state index contributed by atoms with van der Waals surface area (Å²) in [6, 6.07) is 0. The van der Waals surface area contributed by atoms with Crippen molar-refractivity contribution in [2.24, 2.45) is 11.3 Å². The molecule has 0 aromatic rings. The summed E-state index contributed by atoms with van der Waals surface area (Å²) in [6.45, 7) is 17.1. The molecule has 0 amide bonds. The van der Waals surface area contributed by atoms with Gasteiger partial charge >= 0.3 is 0 Å². The van der Waals surface area contributed by atoms with Crippen LogP contribution in [-0.2, 0) is 0 Å². The number of hydrogen-bond donors (Lipinski definition) is 0. The molecule has 0 saturated heterocycles. The van der Waals surface area contributed by atoms with Gasteiger partial charge in [-0.05, 0) is 51.4 Å². The standard InChI is InChI=1S/C15H24/c1-7-15(6)9-8-13(11(2)3)10-14(15)12(4)5/h7,14H,1,4,8-10H2,2-3,5-6H3/t14-,15+/m0/s1. The zero-order valence-corrected chi connectivity index (χ0v) is 10.7. The summed E-state index contributed by atoms with van der Waals surface area (Å²) in [4.78, 5) is 0. The summed E-state index contributed by atoms with van der Waals surface area (Å²) in [5, 5.41) is 0. The number of hydrogen-bond acceptors (Lipinski definition) is 0. The van der Waals surface area contributed by atoms with E-state index < -0.39 is 0 Å². The Labute approximate surface area is 94.8 Å². The highest BCUT2D eigenvalue weighted by Crippen LogP contribution is 2.47. The molecule has 2 atom stereocenters. The van der Waals surface area contributed by atoms with Gasteiger partial charge < -0.3 is 0 Å². The Morgan fingerprint density at radius 1 is 1.40 bits per heavy atom. The fraction of sp³-hybridized carbons (Fsp3) is 0.600. The summed E-state index contributed by atoms with van der Waals surface area (Å²) >= 11 is 0. The van der Waals surface area contributed by atoms with Crippen LogP contribution in [0, 0.1) is 11.3 Å². The quantitative estimate of drug-likeness (QED) is 0.562. The second-order valence-electron chi connectivity index (χ2n) is 5.42.